The van der Waals surface area contributed by atoms with Crippen LogP contribution < -0.4 is 9.64 Å². The minimum atomic E-state index is -0.671. The Kier molecular flexibility index (Phi) is 8.75. The number of hydrogen-bond acceptors (Lipinski definition) is 9. The van der Waals surface area contributed by atoms with E-state index >= 15 is 4.39 Å². The van der Waals surface area contributed by atoms with Gasteiger partial charge in [-0.3, -0.25) is 14.7 Å². The number of benzene rings is 2. The normalized spacial score (nSPS) is 17.4. The summed E-state index contributed by atoms with van der Waals surface area (Å²) >= 11 is 6.42. The van der Waals surface area contributed by atoms with Crippen molar-refractivity contribution in [2.24, 2.45) is 5.92 Å². The Hall–Kier alpha value is -4.81. The highest BCUT2D eigenvalue weighted by Crippen LogP contribution is 2.41. The third-order valence-corrected chi connectivity index (χ3v) is 10.8. The summed E-state index contributed by atoms with van der Waals surface area (Å²) in [6.45, 7) is 6.00. The van der Waals surface area contributed by atoms with Crippen molar-refractivity contribution in [3.05, 3.63) is 83.0 Å². The molecule has 51 heavy (non-hydrogen) atoms. The molecular weight excluding hydrogens is 674 g/mol. The van der Waals surface area contributed by atoms with Crippen LogP contribution in [0.3, 0.4) is 0 Å². The number of rotatable bonds is 9. The summed E-state index contributed by atoms with van der Waals surface area (Å²) in [6.07, 6.45) is 10.8. The molecule has 8 rings (SSSR count). The Balaban J connectivity index is 1.09. The lowest BCUT2D eigenvalue weighted by atomic mass is 9.95. The fraction of sp³-hybridized carbons (Fsp3) is 0.368. The van der Waals surface area contributed by atoms with Gasteiger partial charge < -0.3 is 14.5 Å². The molecule has 1 amide bonds. The molecule has 0 spiro atoms. The van der Waals surface area contributed by atoms with Gasteiger partial charge in [-0.1, -0.05) is 35.9 Å². The van der Waals surface area contributed by atoms with E-state index in [1.807, 2.05) is 11.9 Å². The van der Waals surface area contributed by atoms with E-state index in [2.05, 4.69) is 24.8 Å². The molecule has 13 heteroatoms. The number of pyridine rings is 1. The molecule has 0 aliphatic carbocycles. The number of amides is 1. The fourth-order valence-electron chi connectivity index (χ4n) is 7.90. The first-order valence-electron chi connectivity index (χ1n) is 17.3. The average molecular weight is 711 g/mol. The molecule has 0 atom stereocenters. The molecule has 6 heterocycles. The molecule has 3 aromatic heterocycles. The lowest BCUT2D eigenvalue weighted by molar-refractivity contribution is -0.131. The van der Waals surface area contributed by atoms with Crippen LogP contribution >= 0.6 is 11.6 Å². The number of ether oxygens (including phenoxy) is 1. The molecule has 3 saturated heterocycles. The highest BCUT2D eigenvalue weighted by molar-refractivity contribution is 6.36. The number of carbonyl (C=O) groups is 1. The third kappa shape index (κ3) is 6.24. The Morgan fingerprint density at radius 2 is 1.88 bits per heavy atom. The van der Waals surface area contributed by atoms with Gasteiger partial charge >= 0.3 is 6.01 Å². The van der Waals surface area contributed by atoms with E-state index in [0.29, 0.717) is 65.3 Å². The van der Waals surface area contributed by atoms with Gasteiger partial charge in [-0.05, 0) is 69.3 Å². The molecule has 0 unspecified atom stereocenters. The second-order valence-electron chi connectivity index (χ2n) is 13.8. The van der Waals surface area contributed by atoms with Gasteiger partial charge in [0.15, 0.2) is 5.82 Å². The summed E-state index contributed by atoms with van der Waals surface area (Å²) in [4.78, 5) is 41.4. The first kappa shape index (κ1) is 33.3. The van der Waals surface area contributed by atoms with Crippen LogP contribution in [-0.4, -0.2) is 92.5 Å². The van der Waals surface area contributed by atoms with E-state index in [0.717, 1.165) is 38.8 Å². The average Bonchev–Trinajstić information content (AvgIpc) is 3.70. The van der Waals surface area contributed by atoms with Gasteiger partial charge in [0.2, 0.25) is 5.91 Å². The summed E-state index contributed by atoms with van der Waals surface area (Å²) in [5.74, 6) is -0.0771. The molecule has 0 N–H and O–H groups in total. The largest absolute Gasteiger partial charge is 0.461 e. The fourth-order valence-corrected chi connectivity index (χ4v) is 8.17. The molecule has 0 radical (unpaired) electrons. The summed E-state index contributed by atoms with van der Waals surface area (Å²) < 4.78 is 37.7. The third-order valence-electron chi connectivity index (χ3n) is 10.5. The molecule has 0 saturated carbocycles. The van der Waals surface area contributed by atoms with Crippen LogP contribution in [0, 0.1) is 24.5 Å². The Labute approximate surface area is 299 Å². The molecule has 5 aromatic rings. The smallest absolute Gasteiger partial charge is 0.319 e. The van der Waals surface area contributed by atoms with Crippen LogP contribution in [0.4, 0.5) is 14.6 Å². The van der Waals surface area contributed by atoms with Gasteiger partial charge in [0.1, 0.15) is 35.3 Å². The van der Waals surface area contributed by atoms with Crippen molar-refractivity contribution in [1.29, 1.82) is 0 Å². The zero-order valence-electron chi connectivity index (χ0n) is 28.5. The number of fused-ring (bicyclic) bond motifs is 3. The zero-order valence-corrected chi connectivity index (χ0v) is 29.2. The molecule has 262 valence electrons. The zero-order chi connectivity index (χ0) is 35.3. The maximum atomic E-state index is 16.8. The van der Waals surface area contributed by atoms with Crippen molar-refractivity contribution in [1.82, 2.24) is 34.7 Å². The molecule has 10 nitrogen and oxygen atoms in total. The number of nitrogens with zero attached hydrogens (tertiary/aromatic N) is 8. The standard InChI is InChI=1S/C38H37ClF2N8O2/c1-23-42-15-12-26(44-23)9-11-30(50)48-20-24(21-48)19-47(2)36-28-18-43-34(27-7-3-6-25-8-10-29(40)32(39)31(25)27)33(41)35(28)45-37(46-36)51-22-38-13-4-16-49(38)17-5-14-38/h3,6-12,15,18,24H,4-5,13-14,16-17,19-22H2,1-2H3/b11-9+. The lowest BCUT2D eigenvalue weighted by Crippen LogP contribution is -2.53. The van der Waals surface area contributed by atoms with Crippen molar-refractivity contribution >= 4 is 51.1 Å². The molecule has 3 aliphatic rings. The number of hydrogen-bond donors (Lipinski definition) is 0. The molecule has 0 bridgehead atoms. The van der Waals surface area contributed by atoms with Gasteiger partial charge in [-0.25, -0.2) is 18.7 Å². The van der Waals surface area contributed by atoms with E-state index < -0.39 is 11.6 Å². The highest BCUT2D eigenvalue weighted by Gasteiger charge is 2.45. The van der Waals surface area contributed by atoms with E-state index in [9.17, 15) is 9.18 Å². The number of halogens is 3. The van der Waals surface area contributed by atoms with Crippen LogP contribution in [0.2, 0.25) is 5.02 Å². The van der Waals surface area contributed by atoms with Crippen molar-refractivity contribution in [3.8, 4) is 17.3 Å². The Morgan fingerprint density at radius 3 is 2.67 bits per heavy atom. The van der Waals surface area contributed by atoms with Gasteiger partial charge in [0.05, 0.1) is 21.6 Å². The van der Waals surface area contributed by atoms with E-state index in [1.165, 1.54) is 12.1 Å². The number of anilines is 1. The second kappa shape index (κ2) is 13.4. The molecule has 2 aromatic carbocycles. The first-order valence-corrected chi connectivity index (χ1v) is 17.7. The van der Waals surface area contributed by atoms with Gasteiger partial charge in [-0.2, -0.15) is 9.97 Å². The topological polar surface area (TPSA) is 100 Å². The van der Waals surface area contributed by atoms with Crippen LogP contribution in [0.25, 0.3) is 39.0 Å². The van der Waals surface area contributed by atoms with Gasteiger partial charge in [-0.15, -0.1) is 0 Å². The molecule has 3 aliphatic heterocycles. The Morgan fingerprint density at radius 1 is 1.08 bits per heavy atom. The second-order valence-corrected chi connectivity index (χ2v) is 14.2. The number of likely N-dealkylation sites (tertiary alicyclic amines) is 1. The van der Waals surface area contributed by atoms with Crippen LogP contribution in [0.5, 0.6) is 6.01 Å². The summed E-state index contributed by atoms with van der Waals surface area (Å²) in [5, 5.41) is 1.36. The quantitative estimate of drug-likeness (QED) is 0.159. The maximum absolute atomic E-state index is 16.8. The predicted octanol–water partition coefficient (Wildman–Crippen LogP) is 6.49. The first-order chi connectivity index (χ1) is 24.7. The summed E-state index contributed by atoms with van der Waals surface area (Å²) in [5.41, 5.74) is 1.04. The number of carbonyl (C=O) groups excluding carboxylic acids is 1. The minimum absolute atomic E-state index is 0.00790. The molecular formula is C38H37ClF2N8O2. The van der Waals surface area contributed by atoms with E-state index in [4.69, 9.17) is 21.3 Å². The van der Waals surface area contributed by atoms with Crippen LogP contribution in [0.1, 0.15) is 37.2 Å². The van der Waals surface area contributed by atoms with Crippen LogP contribution in [-0.2, 0) is 4.79 Å². The summed E-state index contributed by atoms with van der Waals surface area (Å²) in [7, 11) is 1.89. The number of aryl methyl sites for hydroxylation is 1. The van der Waals surface area contributed by atoms with Gasteiger partial charge in [0, 0.05) is 62.0 Å². The van der Waals surface area contributed by atoms with Crippen LogP contribution in [0.15, 0.2) is 54.9 Å². The number of aromatic nitrogens is 5. The van der Waals surface area contributed by atoms with E-state index in [-0.39, 0.29) is 39.6 Å². The maximum Gasteiger partial charge on any atom is 0.319 e. The lowest BCUT2D eigenvalue weighted by Gasteiger charge is -2.40. The van der Waals surface area contributed by atoms with Crippen molar-refractivity contribution in [3.63, 3.8) is 0 Å². The highest BCUT2D eigenvalue weighted by atomic mass is 35.5. The minimum Gasteiger partial charge on any atom is -0.461 e. The summed E-state index contributed by atoms with van der Waals surface area (Å²) in [6, 6.07) is 9.98. The van der Waals surface area contributed by atoms with Crippen molar-refractivity contribution in [2.45, 2.75) is 38.1 Å². The Bertz CT molecular complexity index is 2180. The molecule has 3 fully saturated rings. The predicted molar refractivity (Wildman–Crippen MR) is 193 cm³/mol. The van der Waals surface area contributed by atoms with Gasteiger partial charge in [0.25, 0.3) is 0 Å². The van der Waals surface area contributed by atoms with E-state index in [1.54, 1.807) is 60.6 Å². The van der Waals surface area contributed by atoms with Crippen molar-refractivity contribution < 1.29 is 18.3 Å². The monoisotopic (exact) mass is 710 g/mol. The SMILES string of the molecule is Cc1nccc(/C=C/C(=O)N2CC(CN(C)c3nc(OCC45CCCN4CCC5)nc4c(F)c(-c5cccc6ccc(F)c(Cl)c56)ncc34)C2)n1. The van der Waals surface area contributed by atoms with Crippen molar-refractivity contribution in [2.75, 3.05) is 51.3 Å².